The van der Waals surface area contributed by atoms with Gasteiger partial charge < -0.3 is 14.9 Å². The minimum Gasteiger partial charge on any atom is -0.508 e. The highest BCUT2D eigenvalue weighted by Crippen LogP contribution is 2.38. The second-order valence-electron chi connectivity index (χ2n) is 5.52. The number of benzene rings is 1. The van der Waals surface area contributed by atoms with Crippen molar-refractivity contribution in [2.75, 3.05) is 0 Å². The molecule has 1 aromatic carbocycles. The van der Waals surface area contributed by atoms with Gasteiger partial charge in [0.2, 0.25) is 0 Å². The van der Waals surface area contributed by atoms with Gasteiger partial charge in [0.05, 0.1) is 6.10 Å². The van der Waals surface area contributed by atoms with Gasteiger partial charge in [0.15, 0.2) is 0 Å². The molecule has 0 amide bonds. The first-order chi connectivity index (χ1) is 8.30. The summed E-state index contributed by atoms with van der Waals surface area (Å²) in [4.78, 5) is 0. The van der Waals surface area contributed by atoms with Gasteiger partial charge in [-0.3, -0.25) is 0 Å². The van der Waals surface area contributed by atoms with Crippen LogP contribution in [0.5, 0.6) is 11.5 Å². The summed E-state index contributed by atoms with van der Waals surface area (Å²) in [7, 11) is 0. The molecular weight excluding hydrogens is 228 g/mol. The molecule has 1 aromatic rings. The second-order valence-corrected chi connectivity index (χ2v) is 5.52. The van der Waals surface area contributed by atoms with Crippen molar-refractivity contribution in [3.05, 3.63) is 35.4 Å². The van der Waals surface area contributed by atoms with Gasteiger partial charge in [-0.1, -0.05) is 13.0 Å². The van der Waals surface area contributed by atoms with Gasteiger partial charge in [0, 0.05) is 11.5 Å². The van der Waals surface area contributed by atoms with Crippen LogP contribution in [-0.2, 0) is 0 Å². The molecule has 1 heterocycles. The summed E-state index contributed by atoms with van der Waals surface area (Å²) in [5.74, 6) is 0.851. The van der Waals surface area contributed by atoms with E-state index < -0.39 is 11.7 Å². The third-order valence-corrected chi connectivity index (χ3v) is 3.40. The van der Waals surface area contributed by atoms with Crippen molar-refractivity contribution in [1.82, 2.24) is 0 Å². The van der Waals surface area contributed by atoms with Crippen LogP contribution in [0.25, 0.3) is 0 Å². The molecule has 0 fully saturated rings. The number of fused-ring (bicyclic) bond motifs is 1. The Kier molecular flexibility index (Phi) is 3.11. The lowest BCUT2D eigenvalue weighted by Gasteiger charge is -2.30. The standard InChI is InChI=1S/C15H20O3/c1-9-7-14-11(8-13(9)17)10(2)12(16)5-6-15(3,4)18-14/h5-8,10,12,16-17H,1-4H3/b6-5-/t10-,12+/m0/s1. The summed E-state index contributed by atoms with van der Waals surface area (Å²) in [5.41, 5.74) is 1.14. The van der Waals surface area contributed by atoms with Crippen molar-refractivity contribution in [2.24, 2.45) is 0 Å². The smallest absolute Gasteiger partial charge is 0.124 e. The number of ether oxygens (including phenoxy) is 1. The maximum atomic E-state index is 10.1. The van der Waals surface area contributed by atoms with Gasteiger partial charge in [0.25, 0.3) is 0 Å². The number of aliphatic hydroxyl groups is 1. The first kappa shape index (κ1) is 13.0. The van der Waals surface area contributed by atoms with Gasteiger partial charge in [-0.05, 0) is 44.5 Å². The molecule has 0 aliphatic carbocycles. The molecule has 1 aliphatic rings. The fraction of sp³-hybridized carbons (Fsp3) is 0.467. The summed E-state index contributed by atoms with van der Waals surface area (Å²) in [5, 5.41) is 19.9. The van der Waals surface area contributed by atoms with E-state index in [1.165, 1.54) is 0 Å². The third kappa shape index (κ3) is 2.36. The Morgan fingerprint density at radius 2 is 1.94 bits per heavy atom. The highest BCUT2D eigenvalue weighted by atomic mass is 16.5. The molecule has 2 N–H and O–H groups in total. The summed E-state index contributed by atoms with van der Waals surface area (Å²) in [6.45, 7) is 7.64. The molecule has 1 aliphatic heterocycles. The number of phenols is 1. The van der Waals surface area contributed by atoms with E-state index in [-0.39, 0.29) is 11.7 Å². The zero-order valence-electron chi connectivity index (χ0n) is 11.3. The van der Waals surface area contributed by atoms with Gasteiger partial charge in [-0.2, -0.15) is 0 Å². The number of hydrogen-bond donors (Lipinski definition) is 2. The zero-order chi connectivity index (χ0) is 13.5. The molecule has 0 bridgehead atoms. The molecule has 0 saturated heterocycles. The number of aromatic hydroxyl groups is 1. The summed E-state index contributed by atoms with van der Waals surface area (Å²) in [6.07, 6.45) is 3.05. The Morgan fingerprint density at radius 1 is 1.28 bits per heavy atom. The Morgan fingerprint density at radius 3 is 2.61 bits per heavy atom. The lowest BCUT2D eigenvalue weighted by atomic mass is 9.90. The SMILES string of the molecule is Cc1cc2c(cc1O)[C@H](C)[C@H](O)/C=C\C(C)(C)O2. The average molecular weight is 248 g/mol. The van der Waals surface area contributed by atoms with Crippen LogP contribution in [0.1, 0.15) is 37.8 Å². The van der Waals surface area contributed by atoms with Crippen LogP contribution < -0.4 is 4.74 Å². The summed E-state index contributed by atoms with van der Waals surface area (Å²) >= 11 is 0. The molecule has 0 spiro atoms. The lowest BCUT2D eigenvalue weighted by molar-refractivity contribution is 0.139. The molecule has 2 rings (SSSR count). The highest BCUT2D eigenvalue weighted by Gasteiger charge is 2.27. The zero-order valence-corrected chi connectivity index (χ0v) is 11.3. The molecule has 98 valence electrons. The quantitative estimate of drug-likeness (QED) is 0.694. The van der Waals surface area contributed by atoms with Gasteiger partial charge in [-0.25, -0.2) is 0 Å². The first-order valence-electron chi connectivity index (χ1n) is 6.20. The number of hydrogen-bond acceptors (Lipinski definition) is 3. The van der Waals surface area contributed by atoms with Crippen molar-refractivity contribution in [1.29, 1.82) is 0 Å². The van der Waals surface area contributed by atoms with Crippen LogP contribution >= 0.6 is 0 Å². The first-order valence-corrected chi connectivity index (χ1v) is 6.20. The predicted molar refractivity (Wildman–Crippen MR) is 71.1 cm³/mol. The monoisotopic (exact) mass is 248 g/mol. The molecule has 0 radical (unpaired) electrons. The summed E-state index contributed by atoms with van der Waals surface area (Å²) in [6, 6.07) is 3.52. The van der Waals surface area contributed by atoms with E-state index >= 15 is 0 Å². The van der Waals surface area contributed by atoms with E-state index in [0.29, 0.717) is 0 Å². The number of aryl methyl sites for hydroxylation is 1. The van der Waals surface area contributed by atoms with Crippen molar-refractivity contribution < 1.29 is 14.9 Å². The molecule has 0 saturated carbocycles. The van der Waals surface area contributed by atoms with Crippen molar-refractivity contribution in [3.8, 4) is 11.5 Å². The molecule has 18 heavy (non-hydrogen) atoms. The minimum absolute atomic E-state index is 0.112. The Hall–Kier alpha value is -1.48. The second kappa shape index (κ2) is 4.32. The maximum absolute atomic E-state index is 10.1. The van der Waals surface area contributed by atoms with Crippen LogP contribution in [0.4, 0.5) is 0 Å². The van der Waals surface area contributed by atoms with E-state index in [1.807, 2.05) is 39.8 Å². The molecule has 0 aromatic heterocycles. The fourth-order valence-electron chi connectivity index (χ4n) is 2.13. The molecule has 0 unspecified atom stereocenters. The van der Waals surface area contributed by atoms with Gasteiger partial charge >= 0.3 is 0 Å². The van der Waals surface area contributed by atoms with Crippen molar-refractivity contribution in [2.45, 2.75) is 45.3 Å². The highest BCUT2D eigenvalue weighted by molar-refractivity contribution is 5.48. The van der Waals surface area contributed by atoms with Crippen molar-refractivity contribution >= 4 is 0 Å². The van der Waals surface area contributed by atoms with E-state index in [0.717, 1.165) is 16.9 Å². The van der Waals surface area contributed by atoms with Crippen LogP contribution in [0.15, 0.2) is 24.3 Å². The Balaban J connectivity index is 2.57. The average Bonchev–Trinajstić information content (AvgIpc) is 2.28. The third-order valence-electron chi connectivity index (χ3n) is 3.40. The van der Waals surface area contributed by atoms with Crippen LogP contribution in [0.3, 0.4) is 0 Å². The van der Waals surface area contributed by atoms with Crippen LogP contribution in [0.2, 0.25) is 0 Å². The molecule has 3 nitrogen and oxygen atoms in total. The van der Waals surface area contributed by atoms with Crippen LogP contribution in [0, 0.1) is 6.92 Å². The van der Waals surface area contributed by atoms with E-state index in [4.69, 9.17) is 4.74 Å². The van der Waals surface area contributed by atoms with Gasteiger partial charge in [0.1, 0.15) is 17.1 Å². The topological polar surface area (TPSA) is 49.7 Å². The lowest BCUT2D eigenvalue weighted by Crippen LogP contribution is -2.29. The number of rotatable bonds is 0. The fourth-order valence-corrected chi connectivity index (χ4v) is 2.13. The molecule has 3 heteroatoms. The van der Waals surface area contributed by atoms with E-state index in [2.05, 4.69) is 0 Å². The maximum Gasteiger partial charge on any atom is 0.124 e. The van der Waals surface area contributed by atoms with E-state index in [1.54, 1.807) is 12.1 Å². The molecule has 2 atom stereocenters. The largest absolute Gasteiger partial charge is 0.508 e. The number of aliphatic hydroxyl groups excluding tert-OH is 1. The van der Waals surface area contributed by atoms with Crippen LogP contribution in [-0.4, -0.2) is 21.9 Å². The normalized spacial score (nSPS) is 27.6. The Labute approximate surface area is 108 Å². The molecular formula is C15H20O3. The Bertz CT molecular complexity index is 489. The van der Waals surface area contributed by atoms with Crippen molar-refractivity contribution in [3.63, 3.8) is 0 Å². The van der Waals surface area contributed by atoms with Gasteiger partial charge in [-0.15, -0.1) is 0 Å². The summed E-state index contributed by atoms with van der Waals surface area (Å²) < 4.78 is 5.97. The minimum atomic E-state index is -0.575. The van der Waals surface area contributed by atoms with E-state index in [9.17, 15) is 10.2 Å². The predicted octanol–water partition coefficient (Wildman–Crippen LogP) is 2.89. The number of phenolic OH excluding ortho intramolecular Hbond substituents is 1.